The Kier molecular flexibility index (Phi) is 1.77. The predicted octanol–water partition coefficient (Wildman–Crippen LogP) is 1.68. The second kappa shape index (κ2) is 2.96. The van der Waals surface area contributed by atoms with Crippen LogP contribution in [0.25, 0.3) is 0 Å². The van der Waals surface area contributed by atoms with Gasteiger partial charge in [0.15, 0.2) is 0 Å². The van der Waals surface area contributed by atoms with E-state index in [9.17, 15) is 0 Å². The Labute approximate surface area is 78.2 Å². The summed E-state index contributed by atoms with van der Waals surface area (Å²) >= 11 is 0. The minimum atomic E-state index is 0.522. The van der Waals surface area contributed by atoms with Gasteiger partial charge in [0.05, 0.1) is 25.4 Å². The fourth-order valence-corrected chi connectivity index (χ4v) is 1.95. The molecule has 0 aromatic heterocycles. The topological polar surface area (TPSA) is 25.1 Å². The maximum Gasteiger partial charge on any atom is 0.0847 e. The molecule has 0 spiro atoms. The van der Waals surface area contributed by atoms with Crippen LogP contribution in [0, 0.1) is 5.92 Å². The van der Waals surface area contributed by atoms with Crippen LogP contribution in [-0.4, -0.2) is 25.4 Å². The van der Waals surface area contributed by atoms with E-state index < -0.39 is 0 Å². The van der Waals surface area contributed by atoms with Crippen LogP contribution >= 0.6 is 0 Å². The smallest absolute Gasteiger partial charge is 0.0847 e. The Morgan fingerprint density at radius 2 is 2.00 bits per heavy atom. The molecule has 13 heavy (non-hydrogen) atoms. The van der Waals surface area contributed by atoms with Gasteiger partial charge in [0.1, 0.15) is 0 Å². The summed E-state index contributed by atoms with van der Waals surface area (Å²) in [5.74, 6) is 0.636. The third-order valence-corrected chi connectivity index (χ3v) is 2.91. The first-order valence-electron chi connectivity index (χ1n) is 5.02. The van der Waals surface area contributed by atoms with E-state index in [-0.39, 0.29) is 0 Å². The largest absolute Gasteiger partial charge is 0.373 e. The van der Waals surface area contributed by atoms with E-state index in [1.165, 1.54) is 12.0 Å². The molecule has 0 radical (unpaired) electrons. The van der Waals surface area contributed by atoms with Gasteiger partial charge < -0.3 is 9.47 Å². The van der Waals surface area contributed by atoms with Gasteiger partial charge in [0.25, 0.3) is 0 Å². The van der Waals surface area contributed by atoms with Gasteiger partial charge in [0.2, 0.25) is 0 Å². The monoisotopic (exact) mass is 178 g/mol. The van der Waals surface area contributed by atoms with Crippen LogP contribution in [0.5, 0.6) is 0 Å². The molecule has 2 nitrogen and oxygen atoms in total. The van der Waals surface area contributed by atoms with Gasteiger partial charge in [-0.2, -0.15) is 0 Å². The third kappa shape index (κ3) is 1.84. The minimum Gasteiger partial charge on any atom is -0.373 e. The molecule has 2 heteroatoms. The summed E-state index contributed by atoms with van der Waals surface area (Å²) in [6, 6.07) is 0. The molecule has 2 aliphatic heterocycles. The first kappa shape index (κ1) is 7.77. The molecule has 1 aliphatic carbocycles. The van der Waals surface area contributed by atoms with Crippen molar-refractivity contribution < 1.29 is 9.47 Å². The predicted molar refractivity (Wildman–Crippen MR) is 49.4 cm³/mol. The normalized spacial score (nSPS) is 40.6. The van der Waals surface area contributed by atoms with E-state index in [2.05, 4.69) is 18.2 Å². The lowest BCUT2D eigenvalue weighted by Gasteiger charge is -2.10. The highest BCUT2D eigenvalue weighted by Gasteiger charge is 2.31. The lowest BCUT2D eigenvalue weighted by molar-refractivity contribution is 0.374. The summed E-state index contributed by atoms with van der Waals surface area (Å²) < 4.78 is 10.5. The number of ether oxygens (including phenoxy) is 2. The zero-order valence-corrected chi connectivity index (χ0v) is 7.61. The van der Waals surface area contributed by atoms with Crippen molar-refractivity contribution in [2.75, 3.05) is 13.2 Å². The van der Waals surface area contributed by atoms with Crippen molar-refractivity contribution in [1.82, 2.24) is 0 Å². The van der Waals surface area contributed by atoms with Crippen molar-refractivity contribution in [2.24, 2.45) is 5.92 Å². The van der Waals surface area contributed by atoms with Crippen molar-refractivity contribution in [3.63, 3.8) is 0 Å². The molecule has 0 aromatic rings. The van der Waals surface area contributed by atoms with Gasteiger partial charge in [-0.25, -0.2) is 0 Å². The molecule has 3 atom stereocenters. The Balaban J connectivity index is 1.58. The molecule has 3 aliphatic rings. The summed E-state index contributed by atoms with van der Waals surface area (Å²) in [4.78, 5) is 0. The Morgan fingerprint density at radius 3 is 2.69 bits per heavy atom. The molecule has 0 aromatic carbocycles. The van der Waals surface area contributed by atoms with Crippen molar-refractivity contribution in [1.29, 1.82) is 0 Å². The first-order chi connectivity index (χ1) is 6.42. The number of rotatable bonds is 4. The van der Waals surface area contributed by atoms with Gasteiger partial charge in [0, 0.05) is 5.92 Å². The molecule has 0 saturated carbocycles. The van der Waals surface area contributed by atoms with Crippen molar-refractivity contribution in [3.05, 3.63) is 23.8 Å². The van der Waals surface area contributed by atoms with Crippen LogP contribution in [0.15, 0.2) is 23.8 Å². The van der Waals surface area contributed by atoms with Crippen LogP contribution in [-0.2, 0) is 9.47 Å². The fraction of sp³-hybridized carbons (Fsp3) is 0.636. The maximum atomic E-state index is 5.25. The summed E-state index contributed by atoms with van der Waals surface area (Å²) in [5.41, 5.74) is 1.54. The molecule has 70 valence electrons. The third-order valence-electron chi connectivity index (χ3n) is 2.91. The summed E-state index contributed by atoms with van der Waals surface area (Å²) in [5, 5.41) is 0. The molecule has 2 saturated heterocycles. The number of hydrogen-bond donors (Lipinski definition) is 0. The van der Waals surface area contributed by atoms with E-state index >= 15 is 0 Å². The highest BCUT2D eigenvalue weighted by atomic mass is 16.6. The number of epoxide rings is 2. The van der Waals surface area contributed by atoms with Gasteiger partial charge in [-0.05, 0) is 12.8 Å². The van der Waals surface area contributed by atoms with Crippen LogP contribution < -0.4 is 0 Å². The van der Waals surface area contributed by atoms with Gasteiger partial charge in [-0.15, -0.1) is 0 Å². The molecule has 0 bridgehead atoms. The van der Waals surface area contributed by atoms with Crippen LogP contribution in [0.3, 0.4) is 0 Å². The second-order valence-corrected chi connectivity index (χ2v) is 4.08. The minimum absolute atomic E-state index is 0.522. The van der Waals surface area contributed by atoms with E-state index in [0.717, 1.165) is 19.6 Å². The molecular weight excluding hydrogens is 164 g/mol. The average Bonchev–Trinajstić information content (AvgIpc) is 2.95. The van der Waals surface area contributed by atoms with E-state index in [0.29, 0.717) is 18.1 Å². The molecule has 0 N–H and O–H groups in total. The van der Waals surface area contributed by atoms with Crippen LogP contribution in [0.1, 0.15) is 12.8 Å². The molecule has 3 unspecified atom stereocenters. The van der Waals surface area contributed by atoms with E-state index in [1.807, 2.05) is 0 Å². The zero-order chi connectivity index (χ0) is 8.67. The SMILES string of the molecule is C1=CC(CC2CO2)C(CC2CO2)=C1. The fourth-order valence-electron chi connectivity index (χ4n) is 1.95. The zero-order valence-electron chi connectivity index (χ0n) is 7.61. The standard InChI is InChI=1S/C11H14O2/c1-2-8(4-10-6-12-10)9(3-1)5-11-7-13-11/h1-3,8,10-11H,4-7H2. The molecule has 2 fully saturated rings. The average molecular weight is 178 g/mol. The molecular formula is C11H14O2. The molecule has 3 rings (SSSR count). The van der Waals surface area contributed by atoms with Gasteiger partial charge in [-0.3, -0.25) is 0 Å². The van der Waals surface area contributed by atoms with Crippen molar-refractivity contribution in [3.8, 4) is 0 Å². The van der Waals surface area contributed by atoms with E-state index in [4.69, 9.17) is 9.47 Å². The Bertz CT molecular complexity index is 259. The van der Waals surface area contributed by atoms with Crippen LogP contribution in [0.4, 0.5) is 0 Å². The Morgan fingerprint density at radius 1 is 1.23 bits per heavy atom. The quantitative estimate of drug-likeness (QED) is 0.612. The summed E-state index contributed by atoms with van der Waals surface area (Å²) in [6.07, 6.45) is 10.1. The number of allylic oxidation sites excluding steroid dienone is 3. The lowest BCUT2D eigenvalue weighted by Crippen LogP contribution is -2.04. The van der Waals surface area contributed by atoms with Crippen molar-refractivity contribution >= 4 is 0 Å². The second-order valence-electron chi connectivity index (χ2n) is 4.08. The summed E-state index contributed by atoms with van der Waals surface area (Å²) in [7, 11) is 0. The Hall–Kier alpha value is -0.600. The maximum absolute atomic E-state index is 5.25. The first-order valence-corrected chi connectivity index (χ1v) is 5.02. The van der Waals surface area contributed by atoms with Crippen LogP contribution in [0.2, 0.25) is 0 Å². The van der Waals surface area contributed by atoms with Crippen molar-refractivity contribution in [2.45, 2.75) is 25.0 Å². The van der Waals surface area contributed by atoms with E-state index in [1.54, 1.807) is 0 Å². The summed E-state index contributed by atoms with van der Waals surface area (Å²) in [6.45, 7) is 1.93. The highest BCUT2D eigenvalue weighted by molar-refractivity contribution is 5.28. The highest BCUT2D eigenvalue weighted by Crippen LogP contribution is 2.33. The molecule has 2 heterocycles. The lowest BCUT2D eigenvalue weighted by atomic mass is 9.94. The number of hydrogen-bond acceptors (Lipinski definition) is 2. The van der Waals surface area contributed by atoms with Gasteiger partial charge >= 0.3 is 0 Å². The molecule has 0 amide bonds. The van der Waals surface area contributed by atoms with Gasteiger partial charge in [-0.1, -0.05) is 23.8 Å².